The fourth-order valence-electron chi connectivity index (χ4n) is 4.00. The van der Waals surface area contributed by atoms with Gasteiger partial charge >= 0.3 is 0 Å². The van der Waals surface area contributed by atoms with E-state index < -0.39 is 41.2 Å². The minimum absolute atomic E-state index is 0.0585. The van der Waals surface area contributed by atoms with Gasteiger partial charge in [-0.15, -0.1) is 10.1 Å². The Kier molecular flexibility index (Phi) is 4.25. The summed E-state index contributed by atoms with van der Waals surface area (Å²) in [6.45, 7) is 0.184. The number of nitrogens with zero attached hydrogens (tertiary/aromatic N) is 1. The molecule has 9 nitrogen and oxygen atoms in total. The Labute approximate surface area is 126 Å². The minimum atomic E-state index is -1.49. The molecule has 0 spiro atoms. The highest BCUT2D eigenvalue weighted by Gasteiger charge is 2.59. The van der Waals surface area contributed by atoms with Crippen LogP contribution in [0.15, 0.2) is 0 Å². The van der Waals surface area contributed by atoms with Crippen LogP contribution in [0.3, 0.4) is 0 Å². The Morgan fingerprint density at radius 3 is 2.86 bits per heavy atom. The molecular weight excluding hydrogens is 298 g/mol. The van der Waals surface area contributed by atoms with Gasteiger partial charge in [0.15, 0.2) is 0 Å². The molecule has 9 heteroatoms. The number of aliphatic hydroxyl groups is 3. The van der Waals surface area contributed by atoms with Crippen LogP contribution in [-0.2, 0) is 14.3 Å². The Balaban J connectivity index is 1.68. The van der Waals surface area contributed by atoms with E-state index in [0.717, 1.165) is 6.42 Å². The monoisotopic (exact) mass is 319 g/mol. The van der Waals surface area contributed by atoms with Gasteiger partial charge in [0.2, 0.25) is 6.29 Å². The maximum atomic E-state index is 11.0. The SMILES string of the molecule is O=[N+]([O-])OC(O)C1CCCC([C@@]2(O)CO[C@@H]3[C@H](O)CO[C@@H]32)C1. The van der Waals surface area contributed by atoms with Crippen LogP contribution in [-0.4, -0.2) is 63.8 Å². The second kappa shape index (κ2) is 5.89. The molecule has 0 aromatic rings. The molecule has 3 rings (SSSR count). The lowest BCUT2D eigenvalue weighted by Gasteiger charge is -2.40. The number of fused-ring (bicyclic) bond motifs is 1. The zero-order chi connectivity index (χ0) is 15.9. The molecule has 2 heterocycles. The molecule has 22 heavy (non-hydrogen) atoms. The lowest BCUT2D eigenvalue weighted by molar-refractivity contribution is -0.782. The molecule has 1 aliphatic carbocycles. The van der Waals surface area contributed by atoms with Gasteiger partial charge in [-0.05, 0) is 25.2 Å². The van der Waals surface area contributed by atoms with E-state index >= 15 is 0 Å². The molecule has 2 saturated heterocycles. The van der Waals surface area contributed by atoms with E-state index in [2.05, 4.69) is 4.84 Å². The third-order valence-corrected chi connectivity index (χ3v) is 5.14. The van der Waals surface area contributed by atoms with Crippen molar-refractivity contribution in [1.29, 1.82) is 0 Å². The molecule has 3 aliphatic rings. The average Bonchev–Trinajstić information content (AvgIpc) is 3.01. The van der Waals surface area contributed by atoms with Crippen LogP contribution < -0.4 is 0 Å². The first kappa shape index (κ1) is 15.9. The summed E-state index contributed by atoms with van der Waals surface area (Å²) in [5.74, 6) is -0.643. The molecule has 126 valence electrons. The third-order valence-electron chi connectivity index (χ3n) is 5.14. The molecule has 0 amide bonds. The Hall–Kier alpha value is -1.00. The predicted molar refractivity (Wildman–Crippen MR) is 70.0 cm³/mol. The van der Waals surface area contributed by atoms with Crippen LogP contribution in [0, 0.1) is 22.0 Å². The summed E-state index contributed by atoms with van der Waals surface area (Å²) < 4.78 is 11.0. The minimum Gasteiger partial charge on any atom is -0.388 e. The highest BCUT2D eigenvalue weighted by atomic mass is 17.0. The summed E-state index contributed by atoms with van der Waals surface area (Å²) in [7, 11) is 0. The van der Waals surface area contributed by atoms with Crippen molar-refractivity contribution in [1.82, 2.24) is 0 Å². The molecule has 0 bridgehead atoms. The highest BCUT2D eigenvalue weighted by molar-refractivity contribution is 5.07. The van der Waals surface area contributed by atoms with Crippen molar-refractivity contribution in [3.63, 3.8) is 0 Å². The van der Waals surface area contributed by atoms with E-state index in [9.17, 15) is 25.4 Å². The van der Waals surface area contributed by atoms with E-state index in [4.69, 9.17) is 9.47 Å². The van der Waals surface area contributed by atoms with Gasteiger partial charge in [0.05, 0.1) is 13.2 Å². The van der Waals surface area contributed by atoms with E-state index in [-0.39, 0.29) is 19.1 Å². The predicted octanol–water partition coefficient (Wildman–Crippen LogP) is -0.791. The molecule has 3 unspecified atom stereocenters. The fourth-order valence-corrected chi connectivity index (χ4v) is 4.00. The molecule has 3 fully saturated rings. The molecule has 0 aromatic heterocycles. The Morgan fingerprint density at radius 1 is 1.36 bits per heavy atom. The zero-order valence-corrected chi connectivity index (χ0v) is 12.0. The molecule has 0 radical (unpaired) electrons. The highest BCUT2D eigenvalue weighted by Crippen LogP contribution is 2.45. The summed E-state index contributed by atoms with van der Waals surface area (Å²) in [4.78, 5) is 14.6. The maximum absolute atomic E-state index is 11.0. The van der Waals surface area contributed by atoms with E-state index in [1.165, 1.54) is 0 Å². The largest absolute Gasteiger partial charge is 0.388 e. The first-order valence-electron chi connectivity index (χ1n) is 7.54. The van der Waals surface area contributed by atoms with Crippen molar-refractivity contribution in [2.45, 2.75) is 55.9 Å². The normalized spacial score (nSPS) is 46.2. The molecule has 0 aromatic carbocycles. The molecule has 7 atom stereocenters. The van der Waals surface area contributed by atoms with Gasteiger partial charge in [0.1, 0.15) is 23.9 Å². The van der Waals surface area contributed by atoms with Gasteiger partial charge in [-0.1, -0.05) is 6.42 Å². The maximum Gasteiger partial charge on any atom is 0.297 e. The first-order valence-corrected chi connectivity index (χ1v) is 7.54. The Bertz CT molecular complexity index is 434. The van der Waals surface area contributed by atoms with E-state index in [1.54, 1.807) is 0 Å². The summed E-state index contributed by atoms with van der Waals surface area (Å²) in [6, 6.07) is 0. The Morgan fingerprint density at radius 2 is 2.14 bits per heavy atom. The van der Waals surface area contributed by atoms with Gasteiger partial charge in [-0.3, -0.25) is 4.84 Å². The summed E-state index contributed by atoms with van der Waals surface area (Å²) in [6.07, 6.45) is -0.959. The standard InChI is InChI=1S/C13H21NO8/c15-9-5-20-11-10(9)21-6-13(11,17)8-3-1-2-7(4-8)12(16)22-14(18)19/h7-12,15-17H,1-6H2/t7?,8?,9-,10-,11+,12?,13+/m1/s1. The molecule has 2 aliphatic heterocycles. The van der Waals surface area contributed by atoms with Gasteiger partial charge < -0.3 is 24.8 Å². The molecule has 1 saturated carbocycles. The summed E-state index contributed by atoms with van der Waals surface area (Å²) in [5, 5.41) is 39.9. The van der Waals surface area contributed by atoms with Crippen LogP contribution in [0.2, 0.25) is 0 Å². The quantitative estimate of drug-likeness (QED) is 0.349. The van der Waals surface area contributed by atoms with Crippen LogP contribution in [0.25, 0.3) is 0 Å². The number of hydrogen-bond acceptors (Lipinski definition) is 8. The lowest BCUT2D eigenvalue weighted by atomic mass is 9.70. The zero-order valence-electron chi connectivity index (χ0n) is 12.0. The van der Waals surface area contributed by atoms with Crippen LogP contribution in [0.4, 0.5) is 0 Å². The average molecular weight is 319 g/mol. The van der Waals surface area contributed by atoms with Gasteiger partial charge in [0.25, 0.3) is 5.09 Å². The second-order valence-corrected chi connectivity index (χ2v) is 6.43. The molecular formula is C13H21NO8. The van der Waals surface area contributed by atoms with Crippen molar-refractivity contribution < 1.29 is 34.7 Å². The van der Waals surface area contributed by atoms with Crippen LogP contribution in [0.1, 0.15) is 25.7 Å². The first-order chi connectivity index (χ1) is 10.4. The van der Waals surface area contributed by atoms with Gasteiger partial charge in [-0.2, -0.15) is 0 Å². The van der Waals surface area contributed by atoms with E-state index in [0.29, 0.717) is 19.3 Å². The van der Waals surface area contributed by atoms with Crippen molar-refractivity contribution in [3.8, 4) is 0 Å². The van der Waals surface area contributed by atoms with Crippen molar-refractivity contribution in [3.05, 3.63) is 10.1 Å². The number of aliphatic hydroxyl groups excluding tert-OH is 2. The summed E-state index contributed by atoms with van der Waals surface area (Å²) in [5.41, 5.74) is -1.24. The fraction of sp³-hybridized carbons (Fsp3) is 1.00. The van der Waals surface area contributed by atoms with Gasteiger partial charge in [0, 0.05) is 5.92 Å². The number of ether oxygens (including phenoxy) is 2. The summed E-state index contributed by atoms with van der Waals surface area (Å²) >= 11 is 0. The third kappa shape index (κ3) is 2.67. The second-order valence-electron chi connectivity index (χ2n) is 6.43. The van der Waals surface area contributed by atoms with Crippen molar-refractivity contribution in [2.24, 2.45) is 11.8 Å². The van der Waals surface area contributed by atoms with Crippen molar-refractivity contribution >= 4 is 0 Å². The van der Waals surface area contributed by atoms with Gasteiger partial charge in [-0.25, -0.2) is 0 Å². The lowest BCUT2D eigenvalue weighted by Crippen LogP contribution is -2.52. The van der Waals surface area contributed by atoms with E-state index in [1.807, 2.05) is 0 Å². The number of hydrogen-bond donors (Lipinski definition) is 3. The van der Waals surface area contributed by atoms with Crippen LogP contribution >= 0.6 is 0 Å². The molecule has 3 N–H and O–H groups in total. The van der Waals surface area contributed by atoms with Crippen molar-refractivity contribution in [2.75, 3.05) is 13.2 Å². The topological polar surface area (TPSA) is 132 Å². The number of rotatable bonds is 4. The van der Waals surface area contributed by atoms with Crippen LogP contribution in [0.5, 0.6) is 0 Å². The smallest absolute Gasteiger partial charge is 0.297 e.